The Morgan fingerprint density at radius 1 is 0.833 bits per heavy atom. The molecule has 2 heterocycles. The summed E-state index contributed by atoms with van der Waals surface area (Å²) in [6.45, 7) is 0. The lowest BCUT2D eigenvalue weighted by molar-refractivity contribution is -0.141. The van der Waals surface area contributed by atoms with Gasteiger partial charge in [-0.3, -0.25) is 0 Å². The quantitative estimate of drug-likeness (QED) is 0.536. The topological polar surface area (TPSA) is 24.5 Å². The first-order valence-corrected chi connectivity index (χ1v) is 9.36. The van der Waals surface area contributed by atoms with Gasteiger partial charge in [0.15, 0.2) is 6.23 Å². The zero-order valence-electron chi connectivity index (χ0n) is 15.5. The van der Waals surface area contributed by atoms with Gasteiger partial charge in [-0.25, -0.2) is 4.39 Å². The molecular weight excluding hydrogens is 396 g/mol. The number of rotatable bonds is 2. The second-order valence-corrected chi connectivity index (χ2v) is 7.14. The minimum absolute atomic E-state index is 0.0192. The maximum absolute atomic E-state index is 13.7. The highest BCUT2D eigenvalue weighted by Gasteiger charge is 2.44. The van der Waals surface area contributed by atoms with Gasteiger partial charge in [0.25, 0.3) is 0 Å². The van der Waals surface area contributed by atoms with Gasteiger partial charge >= 0.3 is 6.18 Å². The number of hydrazine groups is 1. The first kappa shape index (κ1) is 18.7. The molecule has 2 atom stereocenters. The smallest absolute Gasteiger partial charge is 0.416 e. The Bertz CT molecular complexity index is 1120. The van der Waals surface area contributed by atoms with Gasteiger partial charge in [-0.1, -0.05) is 36.4 Å². The van der Waals surface area contributed by atoms with Gasteiger partial charge in [0.2, 0.25) is 0 Å². The van der Waals surface area contributed by atoms with E-state index < -0.39 is 18.0 Å². The lowest BCUT2D eigenvalue weighted by Crippen LogP contribution is -2.43. The summed E-state index contributed by atoms with van der Waals surface area (Å²) in [4.78, 5) is 0. The van der Waals surface area contributed by atoms with E-state index in [9.17, 15) is 17.6 Å². The van der Waals surface area contributed by atoms with E-state index >= 15 is 0 Å². The van der Waals surface area contributed by atoms with Crippen LogP contribution in [0.3, 0.4) is 0 Å². The molecule has 3 aromatic rings. The van der Waals surface area contributed by atoms with Crippen molar-refractivity contribution in [2.45, 2.75) is 18.4 Å². The van der Waals surface area contributed by atoms with E-state index in [1.54, 1.807) is 35.3 Å². The number of halogens is 4. The SMILES string of the molecule is Fc1ccc(C2=C[C@@H]3c4ccccc4O[C@@H](c4ccccc4C(F)(F)F)N3N2)cc1. The molecule has 0 aliphatic carbocycles. The number of para-hydroxylation sites is 1. The molecule has 0 spiro atoms. The monoisotopic (exact) mass is 412 g/mol. The highest BCUT2D eigenvalue weighted by molar-refractivity contribution is 5.67. The van der Waals surface area contributed by atoms with Crippen molar-refractivity contribution < 1.29 is 22.3 Å². The van der Waals surface area contributed by atoms with Crippen molar-refractivity contribution in [3.8, 4) is 5.75 Å². The summed E-state index contributed by atoms with van der Waals surface area (Å²) >= 11 is 0. The second kappa shape index (κ2) is 6.88. The fourth-order valence-electron chi connectivity index (χ4n) is 3.91. The molecule has 7 heteroatoms. The molecule has 2 aliphatic rings. The summed E-state index contributed by atoms with van der Waals surface area (Å²) in [5, 5.41) is 1.66. The van der Waals surface area contributed by atoms with E-state index in [2.05, 4.69) is 5.43 Å². The fraction of sp³-hybridized carbons (Fsp3) is 0.130. The van der Waals surface area contributed by atoms with Crippen LogP contribution >= 0.6 is 0 Å². The number of hydrogen-bond donors (Lipinski definition) is 1. The van der Waals surface area contributed by atoms with Crippen molar-refractivity contribution in [1.29, 1.82) is 0 Å². The Hall–Kier alpha value is -3.32. The third kappa shape index (κ3) is 3.11. The number of alkyl halides is 3. The van der Waals surface area contributed by atoms with Crippen molar-refractivity contribution >= 4 is 5.70 Å². The molecule has 0 bridgehead atoms. The zero-order valence-corrected chi connectivity index (χ0v) is 15.5. The number of fused-ring (bicyclic) bond motifs is 3. The summed E-state index contributed by atoms with van der Waals surface area (Å²) in [6.07, 6.45) is -3.60. The molecule has 1 N–H and O–H groups in total. The van der Waals surface area contributed by atoms with E-state index in [4.69, 9.17) is 4.74 Å². The molecule has 3 aromatic carbocycles. The Kier molecular flexibility index (Phi) is 4.29. The number of nitrogens with one attached hydrogen (secondary N) is 1. The van der Waals surface area contributed by atoms with Gasteiger partial charge in [0.1, 0.15) is 11.6 Å². The van der Waals surface area contributed by atoms with E-state index in [0.29, 0.717) is 11.4 Å². The molecule has 0 radical (unpaired) electrons. The third-order valence-corrected chi connectivity index (χ3v) is 5.29. The Labute approximate surface area is 170 Å². The second-order valence-electron chi connectivity index (χ2n) is 7.14. The van der Waals surface area contributed by atoms with E-state index in [-0.39, 0.29) is 17.4 Å². The maximum Gasteiger partial charge on any atom is 0.416 e. The molecule has 152 valence electrons. The van der Waals surface area contributed by atoms with E-state index in [1.165, 1.54) is 24.3 Å². The van der Waals surface area contributed by atoms with Crippen molar-refractivity contribution in [3.05, 3.63) is 107 Å². The Balaban J connectivity index is 1.61. The summed E-state index contributed by atoms with van der Waals surface area (Å²) in [5.41, 5.74) is 4.69. The van der Waals surface area contributed by atoms with Gasteiger partial charge in [-0.05, 0) is 48.0 Å². The molecule has 0 aromatic heterocycles. The Morgan fingerprint density at radius 2 is 1.50 bits per heavy atom. The largest absolute Gasteiger partial charge is 0.469 e. The normalized spacial score (nSPS) is 20.6. The van der Waals surface area contributed by atoms with E-state index in [0.717, 1.165) is 17.2 Å². The maximum atomic E-state index is 13.7. The van der Waals surface area contributed by atoms with Crippen LogP contribution < -0.4 is 10.2 Å². The first-order chi connectivity index (χ1) is 14.4. The van der Waals surface area contributed by atoms with Crippen LogP contribution in [0.2, 0.25) is 0 Å². The first-order valence-electron chi connectivity index (χ1n) is 9.36. The number of hydrogen-bond acceptors (Lipinski definition) is 3. The molecule has 0 amide bonds. The Morgan fingerprint density at radius 3 is 2.23 bits per heavy atom. The van der Waals surface area contributed by atoms with Crippen LogP contribution in [-0.4, -0.2) is 5.01 Å². The number of benzene rings is 3. The van der Waals surface area contributed by atoms with Crippen LogP contribution in [0.5, 0.6) is 5.75 Å². The van der Waals surface area contributed by atoms with E-state index in [1.807, 2.05) is 18.2 Å². The average Bonchev–Trinajstić information content (AvgIpc) is 3.19. The van der Waals surface area contributed by atoms with Crippen LogP contribution in [0.1, 0.15) is 34.5 Å². The van der Waals surface area contributed by atoms with Crippen molar-refractivity contribution in [2.75, 3.05) is 0 Å². The molecule has 0 saturated carbocycles. The standard InChI is InChI=1S/C23H16F4N2O/c24-15-11-9-14(10-12-15)19-13-20-17-6-2-4-8-21(17)30-22(29(20)28-19)16-5-1-3-7-18(16)23(25,26)27/h1-13,20,22,28H/t20-,22+/m1/s1. The highest BCUT2D eigenvalue weighted by Crippen LogP contribution is 2.47. The fourth-order valence-corrected chi connectivity index (χ4v) is 3.91. The summed E-state index contributed by atoms with van der Waals surface area (Å²) in [6, 6.07) is 18.3. The molecule has 0 unspecified atom stereocenters. The third-order valence-electron chi connectivity index (χ3n) is 5.29. The van der Waals surface area contributed by atoms with Crippen LogP contribution in [0, 0.1) is 5.82 Å². The van der Waals surface area contributed by atoms with Crippen molar-refractivity contribution in [2.24, 2.45) is 0 Å². The molecule has 0 saturated heterocycles. The van der Waals surface area contributed by atoms with Gasteiger partial charge in [-0.2, -0.15) is 18.2 Å². The molecule has 0 fully saturated rings. The lowest BCUT2D eigenvalue weighted by Gasteiger charge is -2.39. The molecule has 5 rings (SSSR count). The predicted molar refractivity (Wildman–Crippen MR) is 103 cm³/mol. The summed E-state index contributed by atoms with van der Waals surface area (Å²) in [5.74, 6) is 0.167. The number of ether oxygens (including phenoxy) is 1. The average molecular weight is 412 g/mol. The van der Waals surface area contributed by atoms with Crippen molar-refractivity contribution in [3.63, 3.8) is 0 Å². The molecule has 3 nitrogen and oxygen atoms in total. The zero-order chi connectivity index (χ0) is 20.9. The highest BCUT2D eigenvalue weighted by atomic mass is 19.4. The van der Waals surface area contributed by atoms with Gasteiger partial charge in [-0.15, -0.1) is 0 Å². The molecule has 2 aliphatic heterocycles. The minimum atomic E-state index is -4.51. The van der Waals surface area contributed by atoms with Crippen LogP contribution in [-0.2, 0) is 6.18 Å². The van der Waals surface area contributed by atoms with Crippen molar-refractivity contribution in [1.82, 2.24) is 10.4 Å². The minimum Gasteiger partial charge on any atom is -0.469 e. The summed E-state index contributed by atoms with van der Waals surface area (Å²) in [7, 11) is 0. The van der Waals surface area contributed by atoms with Gasteiger partial charge in [0, 0.05) is 11.1 Å². The van der Waals surface area contributed by atoms with Gasteiger partial charge < -0.3 is 10.2 Å². The molecular formula is C23H16F4N2O. The van der Waals surface area contributed by atoms with Gasteiger partial charge in [0.05, 0.1) is 17.3 Å². The van der Waals surface area contributed by atoms with Crippen LogP contribution in [0.25, 0.3) is 5.70 Å². The van der Waals surface area contributed by atoms with Crippen LogP contribution in [0.15, 0.2) is 78.9 Å². The number of nitrogens with zero attached hydrogens (tertiary/aromatic N) is 1. The van der Waals surface area contributed by atoms with Crippen LogP contribution in [0.4, 0.5) is 17.6 Å². The lowest BCUT2D eigenvalue weighted by atomic mass is 9.99. The predicted octanol–water partition coefficient (Wildman–Crippen LogP) is 5.84. The summed E-state index contributed by atoms with van der Waals surface area (Å²) < 4.78 is 60.4. The molecule has 30 heavy (non-hydrogen) atoms.